The maximum Gasteiger partial charge on any atom is 0.0209 e. The number of halogens is 1. The van der Waals surface area contributed by atoms with Crippen LogP contribution in [0.2, 0.25) is 0 Å². The van der Waals surface area contributed by atoms with E-state index in [2.05, 4.69) is 17.9 Å². The SMILES string of the molecule is C=CC(C#CCl)=CC. The molecule has 0 aliphatic heterocycles. The average Bonchev–Trinajstić information content (AvgIpc) is 1.83. The van der Waals surface area contributed by atoms with Gasteiger partial charge in [-0.05, 0) is 24.4 Å². The molecular formula is C7H7Cl. The average molecular weight is 127 g/mol. The minimum atomic E-state index is 0.861. The van der Waals surface area contributed by atoms with Crippen molar-refractivity contribution in [3.05, 3.63) is 24.3 Å². The summed E-state index contributed by atoms with van der Waals surface area (Å²) in [5.74, 6) is 2.64. The highest BCUT2D eigenvalue weighted by molar-refractivity contribution is 6.30. The zero-order valence-electron chi connectivity index (χ0n) is 4.74. The predicted octanol–water partition coefficient (Wildman–Crippen LogP) is 2.32. The van der Waals surface area contributed by atoms with Crippen LogP contribution in [0.1, 0.15) is 6.92 Å². The maximum atomic E-state index is 5.10. The minimum Gasteiger partial charge on any atom is -0.0978 e. The van der Waals surface area contributed by atoms with Crippen LogP contribution >= 0.6 is 11.6 Å². The van der Waals surface area contributed by atoms with E-state index in [0.29, 0.717) is 0 Å². The Kier molecular flexibility index (Phi) is 4.11. The van der Waals surface area contributed by atoms with Crippen molar-refractivity contribution in [2.75, 3.05) is 0 Å². The Bertz CT molecular complexity index is 155. The van der Waals surface area contributed by atoms with Gasteiger partial charge in [-0.1, -0.05) is 18.7 Å². The molecule has 0 fully saturated rings. The van der Waals surface area contributed by atoms with Crippen LogP contribution in [0.4, 0.5) is 0 Å². The zero-order chi connectivity index (χ0) is 6.41. The van der Waals surface area contributed by atoms with Crippen LogP contribution in [0.25, 0.3) is 0 Å². The number of rotatable bonds is 1. The Balaban J connectivity index is 4.06. The summed E-state index contributed by atoms with van der Waals surface area (Å²) in [5, 5.41) is 2.25. The third-order valence-electron chi connectivity index (χ3n) is 0.723. The first kappa shape index (κ1) is 7.33. The first-order valence-electron chi connectivity index (χ1n) is 2.25. The van der Waals surface area contributed by atoms with Gasteiger partial charge in [0.25, 0.3) is 0 Å². The first-order valence-corrected chi connectivity index (χ1v) is 2.63. The standard InChI is InChI=1S/C7H7Cl/c1-3-7(4-2)5-6-8/h3-4H,1H2,2H3. The van der Waals surface area contributed by atoms with E-state index in [-0.39, 0.29) is 0 Å². The summed E-state index contributed by atoms with van der Waals surface area (Å²) in [7, 11) is 0. The summed E-state index contributed by atoms with van der Waals surface area (Å²) in [4.78, 5) is 0. The second kappa shape index (κ2) is 4.49. The first-order chi connectivity index (χ1) is 3.85. The summed E-state index contributed by atoms with van der Waals surface area (Å²) >= 11 is 5.10. The lowest BCUT2D eigenvalue weighted by Crippen LogP contribution is -1.64. The Hall–Kier alpha value is -0.670. The third-order valence-corrected chi connectivity index (χ3v) is 0.817. The van der Waals surface area contributed by atoms with Gasteiger partial charge in [-0.25, -0.2) is 0 Å². The number of allylic oxidation sites excluding steroid dienone is 3. The monoisotopic (exact) mass is 126 g/mol. The summed E-state index contributed by atoms with van der Waals surface area (Å²) in [6.45, 7) is 5.41. The Morgan fingerprint density at radius 3 is 2.50 bits per heavy atom. The molecule has 0 bridgehead atoms. The van der Waals surface area contributed by atoms with E-state index >= 15 is 0 Å². The Morgan fingerprint density at radius 2 is 2.38 bits per heavy atom. The van der Waals surface area contributed by atoms with Crippen molar-refractivity contribution in [3.63, 3.8) is 0 Å². The molecule has 0 unspecified atom stereocenters. The predicted molar refractivity (Wildman–Crippen MR) is 37.6 cm³/mol. The van der Waals surface area contributed by atoms with E-state index in [1.807, 2.05) is 13.0 Å². The van der Waals surface area contributed by atoms with Gasteiger partial charge in [0.05, 0.1) is 0 Å². The van der Waals surface area contributed by atoms with Crippen LogP contribution in [0.15, 0.2) is 24.3 Å². The van der Waals surface area contributed by atoms with Crippen LogP contribution in [-0.4, -0.2) is 0 Å². The fourth-order valence-corrected chi connectivity index (χ4v) is 0.405. The molecular weight excluding hydrogens is 120 g/mol. The molecule has 1 heteroatoms. The highest BCUT2D eigenvalue weighted by atomic mass is 35.5. The maximum absolute atomic E-state index is 5.10. The smallest absolute Gasteiger partial charge is 0.0209 e. The van der Waals surface area contributed by atoms with Gasteiger partial charge in [-0.2, -0.15) is 0 Å². The molecule has 0 aromatic rings. The third kappa shape index (κ3) is 2.49. The van der Waals surface area contributed by atoms with E-state index in [4.69, 9.17) is 11.6 Å². The van der Waals surface area contributed by atoms with E-state index < -0.39 is 0 Å². The van der Waals surface area contributed by atoms with Crippen molar-refractivity contribution in [1.82, 2.24) is 0 Å². The van der Waals surface area contributed by atoms with Crippen LogP contribution < -0.4 is 0 Å². The lowest BCUT2D eigenvalue weighted by molar-refractivity contribution is 1.66. The van der Waals surface area contributed by atoms with E-state index in [0.717, 1.165) is 5.57 Å². The van der Waals surface area contributed by atoms with Gasteiger partial charge in [-0.15, -0.1) is 0 Å². The molecule has 0 aliphatic carbocycles. The molecule has 0 heterocycles. The fourth-order valence-electron chi connectivity index (χ4n) is 0.296. The summed E-state index contributed by atoms with van der Waals surface area (Å²) in [5.41, 5.74) is 0.861. The number of hydrogen-bond acceptors (Lipinski definition) is 0. The number of hydrogen-bond donors (Lipinski definition) is 0. The van der Waals surface area contributed by atoms with Gasteiger partial charge >= 0.3 is 0 Å². The molecule has 0 radical (unpaired) electrons. The van der Waals surface area contributed by atoms with Gasteiger partial charge in [0.2, 0.25) is 0 Å². The molecule has 0 saturated carbocycles. The van der Waals surface area contributed by atoms with Gasteiger partial charge in [0.15, 0.2) is 0 Å². The molecule has 0 amide bonds. The molecule has 0 nitrogen and oxygen atoms in total. The minimum absolute atomic E-state index is 0.861. The van der Waals surface area contributed by atoms with Gasteiger partial charge in [0.1, 0.15) is 0 Å². The Labute approximate surface area is 54.9 Å². The van der Waals surface area contributed by atoms with Crippen LogP contribution in [0, 0.1) is 11.3 Å². The van der Waals surface area contributed by atoms with Crippen LogP contribution in [0.5, 0.6) is 0 Å². The van der Waals surface area contributed by atoms with Crippen LogP contribution in [-0.2, 0) is 0 Å². The molecule has 0 atom stereocenters. The van der Waals surface area contributed by atoms with E-state index in [9.17, 15) is 0 Å². The van der Waals surface area contributed by atoms with Gasteiger partial charge < -0.3 is 0 Å². The van der Waals surface area contributed by atoms with Crippen molar-refractivity contribution in [2.24, 2.45) is 0 Å². The summed E-state index contributed by atoms with van der Waals surface area (Å²) in [6, 6.07) is 0. The van der Waals surface area contributed by atoms with Crippen molar-refractivity contribution in [3.8, 4) is 11.3 Å². The lowest BCUT2D eigenvalue weighted by atomic mass is 10.3. The van der Waals surface area contributed by atoms with Gasteiger partial charge in [-0.3, -0.25) is 0 Å². The summed E-state index contributed by atoms with van der Waals surface area (Å²) in [6.07, 6.45) is 3.51. The second-order valence-electron chi connectivity index (χ2n) is 1.17. The second-order valence-corrected chi connectivity index (χ2v) is 1.36. The van der Waals surface area contributed by atoms with Gasteiger partial charge in [0, 0.05) is 11.0 Å². The molecule has 0 aromatic carbocycles. The van der Waals surface area contributed by atoms with Crippen molar-refractivity contribution in [2.45, 2.75) is 6.92 Å². The summed E-state index contributed by atoms with van der Waals surface area (Å²) < 4.78 is 0. The highest BCUT2D eigenvalue weighted by Crippen LogP contribution is 1.90. The van der Waals surface area contributed by atoms with Crippen molar-refractivity contribution >= 4 is 11.6 Å². The molecule has 0 aromatic heterocycles. The highest BCUT2D eigenvalue weighted by Gasteiger charge is 1.74. The molecule has 0 spiro atoms. The molecule has 8 heavy (non-hydrogen) atoms. The quantitative estimate of drug-likeness (QED) is 0.374. The Morgan fingerprint density at radius 1 is 1.75 bits per heavy atom. The largest absolute Gasteiger partial charge is 0.0978 e. The molecule has 0 saturated heterocycles. The normalized spacial score (nSPS) is 9.50. The zero-order valence-corrected chi connectivity index (χ0v) is 5.50. The fraction of sp³-hybridized carbons (Fsp3) is 0.143. The lowest BCUT2D eigenvalue weighted by Gasteiger charge is -1.79. The van der Waals surface area contributed by atoms with Crippen LogP contribution in [0.3, 0.4) is 0 Å². The van der Waals surface area contributed by atoms with E-state index in [1.54, 1.807) is 6.08 Å². The topological polar surface area (TPSA) is 0 Å². The van der Waals surface area contributed by atoms with Crippen molar-refractivity contribution in [1.29, 1.82) is 0 Å². The van der Waals surface area contributed by atoms with Crippen molar-refractivity contribution < 1.29 is 0 Å². The molecule has 42 valence electrons. The molecule has 0 rings (SSSR count). The molecule has 0 N–H and O–H groups in total. The van der Waals surface area contributed by atoms with E-state index in [1.165, 1.54) is 0 Å². The molecule has 0 aliphatic rings.